The van der Waals surface area contributed by atoms with Crippen LogP contribution in [0.3, 0.4) is 0 Å². The van der Waals surface area contributed by atoms with Gasteiger partial charge in [0.25, 0.3) is 0 Å². The first-order valence-electron chi connectivity index (χ1n) is 13.0. The summed E-state index contributed by atoms with van der Waals surface area (Å²) in [6.07, 6.45) is 0.250. The van der Waals surface area contributed by atoms with E-state index in [0.717, 1.165) is 28.9 Å². The zero-order chi connectivity index (χ0) is 29.0. The fourth-order valence-electron chi connectivity index (χ4n) is 5.26. The van der Waals surface area contributed by atoms with E-state index >= 15 is 0 Å². The number of anilines is 2. The minimum absolute atomic E-state index is 0.250. The van der Waals surface area contributed by atoms with Gasteiger partial charge in [-0.3, -0.25) is 0 Å². The Morgan fingerprint density at radius 3 is 1.67 bits per heavy atom. The van der Waals surface area contributed by atoms with E-state index in [0.29, 0.717) is 0 Å². The van der Waals surface area contributed by atoms with Crippen molar-refractivity contribution in [2.45, 2.75) is 61.5 Å². The summed E-state index contributed by atoms with van der Waals surface area (Å²) in [5.41, 5.74) is 11.8. The molecule has 0 amide bonds. The first kappa shape index (κ1) is 32.1. The van der Waals surface area contributed by atoms with Gasteiger partial charge in [-0.05, 0) is 63.8 Å². The predicted molar refractivity (Wildman–Crippen MR) is 172 cm³/mol. The van der Waals surface area contributed by atoms with Crippen LogP contribution in [-0.4, -0.2) is 23.8 Å². The molecule has 0 atom stereocenters. The Balaban J connectivity index is 0.000000231. The molecule has 0 unspecified atom stereocenters. The molecule has 0 bridgehead atoms. The third kappa shape index (κ3) is 8.32. The van der Waals surface area contributed by atoms with Gasteiger partial charge in [0, 0.05) is 24.5 Å². The minimum atomic E-state index is -1.83. The fraction of sp³-hybridized carbons (Fsp3) is 0.344. The van der Waals surface area contributed by atoms with E-state index in [2.05, 4.69) is 124 Å². The van der Waals surface area contributed by atoms with Crippen LogP contribution in [-0.2, 0) is 17.9 Å². The normalized spacial score (nSPS) is 13.4. The molecule has 4 rings (SSSR count). The van der Waals surface area contributed by atoms with Crippen LogP contribution in [0.2, 0.25) is 0 Å². The molecule has 1 fully saturated rings. The van der Waals surface area contributed by atoms with Crippen LogP contribution in [0.25, 0.3) is 0 Å². The second kappa shape index (κ2) is 14.0. The van der Waals surface area contributed by atoms with Crippen LogP contribution < -0.4 is 9.80 Å². The molecular formula is C32H40BrCl2N2ORu-. The van der Waals surface area contributed by atoms with Gasteiger partial charge in [-0.15, -0.1) is 0 Å². The summed E-state index contributed by atoms with van der Waals surface area (Å²) in [6.45, 7) is 21.7. The summed E-state index contributed by atoms with van der Waals surface area (Å²) in [5.74, 6) is 0.971. The van der Waals surface area contributed by atoms with Crippen LogP contribution in [0.1, 0.15) is 52.8 Å². The summed E-state index contributed by atoms with van der Waals surface area (Å²) >= 11 is 1.61. The van der Waals surface area contributed by atoms with Gasteiger partial charge < -0.3 is 9.80 Å². The summed E-state index contributed by atoms with van der Waals surface area (Å²) < 4.78 is 5.73. The molecule has 3 nitrogen and oxygen atoms in total. The number of hydrogen-bond acceptors (Lipinski definition) is 2. The first-order chi connectivity index (χ1) is 18.3. The summed E-state index contributed by atoms with van der Waals surface area (Å²) in [6, 6.07) is 15.1. The maximum atomic E-state index is 5.91. The first-order valence-corrected chi connectivity index (χ1v) is 19.2. The van der Waals surface area contributed by atoms with Crippen molar-refractivity contribution in [3.8, 4) is 5.75 Å². The van der Waals surface area contributed by atoms with E-state index < -0.39 is 13.5 Å². The monoisotopic (exact) mass is 719 g/mol. The van der Waals surface area contributed by atoms with Crippen molar-refractivity contribution in [1.29, 1.82) is 0 Å². The van der Waals surface area contributed by atoms with E-state index in [1.54, 1.807) is 0 Å². The van der Waals surface area contributed by atoms with Gasteiger partial charge in [0.1, 0.15) is 0 Å². The number of halogens is 3. The topological polar surface area (TPSA) is 9.18 Å². The molecule has 0 aromatic heterocycles. The molecule has 214 valence electrons. The average molecular weight is 721 g/mol. The van der Waals surface area contributed by atoms with Gasteiger partial charge in [-0.1, -0.05) is 35.4 Å². The Bertz CT molecular complexity index is 1240. The second-order valence-electron chi connectivity index (χ2n) is 10.5. The number of benzene rings is 3. The van der Waals surface area contributed by atoms with Crippen LogP contribution in [0.4, 0.5) is 11.4 Å². The van der Waals surface area contributed by atoms with E-state index in [1.807, 2.05) is 22.8 Å². The summed E-state index contributed by atoms with van der Waals surface area (Å²) in [4.78, 5) is 4.81. The fourth-order valence-corrected chi connectivity index (χ4v) is 7.43. The van der Waals surface area contributed by atoms with Crippen LogP contribution in [0.5, 0.6) is 5.75 Å². The molecule has 0 aliphatic carbocycles. The molecule has 0 radical (unpaired) electrons. The summed E-state index contributed by atoms with van der Waals surface area (Å²) in [7, 11) is 15.8. The van der Waals surface area contributed by atoms with Gasteiger partial charge in [-0.2, -0.15) is 6.67 Å². The number of hydrogen-bond donors (Lipinski definition) is 0. The van der Waals surface area contributed by atoms with E-state index in [-0.39, 0.29) is 6.10 Å². The second-order valence-corrected chi connectivity index (χ2v) is 17.1. The molecule has 0 spiro atoms. The Hall–Kier alpha value is -1.39. The van der Waals surface area contributed by atoms with Gasteiger partial charge in [0.05, 0.1) is 0 Å². The third-order valence-electron chi connectivity index (χ3n) is 6.72. The van der Waals surface area contributed by atoms with Crippen molar-refractivity contribution in [1.82, 2.24) is 0 Å². The molecule has 3 aromatic carbocycles. The van der Waals surface area contributed by atoms with Crippen molar-refractivity contribution in [3.63, 3.8) is 0 Å². The van der Waals surface area contributed by atoms with Crippen molar-refractivity contribution in [3.05, 3.63) is 99.7 Å². The van der Waals surface area contributed by atoms with Crippen molar-refractivity contribution >= 4 is 51.3 Å². The number of aryl methyl sites for hydroxylation is 6. The van der Waals surface area contributed by atoms with Crippen molar-refractivity contribution in [2.24, 2.45) is 0 Å². The Kier molecular flexibility index (Phi) is 11.5. The maximum absolute atomic E-state index is 5.91. The molecule has 7 heteroatoms. The van der Waals surface area contributed by atoms with Gasteiger partial charge in [0.15, 0.2) is 0 Å². The molecule has 39 heavy (non-hydrogen) atoms. The zero-order valence-electron chi connectivity index (χ0n) is 24.2. The standard InChI is InChI=1S/C21H27N2.C11H13BrO.2ClH.Ru/c1-14-9-16(3)20(17(4)10-14)22-7-8-23(13-22)21-18(5)11-15(2)12-19(21)6;1-8(2)13(4)11-6-5-10(12)7-9(11)3;;;/h9-13H,7-8H2,1-6H3;3,5-8H,4H2,1-2H3;2*1H;/q-1;;;;+2/p-2. The number of nitrogens with zero attached hydrogens (tertiary/aromatic N) is 2. The van der Waals surface area contributed by atoms with E-state index in [1.165, 1.54) is 44.8 Å². The third-order valence-corrected chi connectivity index (χ3v) is 9.04. The van der Waals surface area contributed by atoms with Gasteiger partial charge >= 0.3 is 119 Å². The van der Waals surface area contributed by atoms with Crippen LogP contribution >= 0.6 is 35.3 Å². The molecule has 1 aliphatic rings. The van der Waals surface area contributed by atoms with Gasteiger partial charge in [-0.25, -0.2) is 0 Å². The molecule has 1 saturated heterocycles. The summed E-state index contributed by atoms with van der Waals surface area (Å²) in [5, 5.41) is 0. The zero-order valence-corrected chi connectivity index (χ0v) is 29.0. The molecule has 0 N–H and O–H groups in total. The molecule has 0 saturated carbocycles. The number of rotatable bonds is 5. The predicted octanol–water partition coefficient (Wildman–Crippen LogP) is 9.97. The van der Waals surface area contributed by atoms with Crippen LogP contribution in [0, 0.1) is 55.3 Å². The van der Waals surface area contributed by atoms with E-state index in [4.69, 9.17) is 19.4 Å². The molecular weight excluding hydrogens is 680 g/mol. The Labute approximate surface area is 257 Å². The van der Waals surface area contributed by atoms with E-state index in [9.17, 15) is 0 Å². The Morgan fingerprint density at radius 2 is 1.28 bits per heavy atom. The Morgan fingerprint density at radius 1 is 0.846 bits per heavy atom. The van der Waals surface area contributed by atoms with Crippen molar-refractivity contribution in [2.75, 3.05) is 22.9 Å². The van der Waals surface area contributed by atoms with Crippen LogP contribution in [0.15, 0.2) is 46.9 Å². The quantitative estimate of drug-likeness (QED) is 0.148. The average Bonchev–Trinajstić information content (AvgIpc) is 3.26. The molecule has 1 heterocycles. The molecule has 3 aromatic rings. The van der Waals surface area contributed by atoms with Crippen molar-refractivity contribution < 1.29 is 17.9 Å². The van der Waals surface area contributed by atoms with Gasteiger partial charge in [0.2, 0.25) is 0 Å². The molecule has 1 aliphatic heterocycles. The SMILES string of the molecule is Cc1cc(C)c(N2[CH-]N(c3c(C)cc(C)cc3C)CC2)c(C)c1.[CH2-][O+](c1ccc(Br)cc1[CH]=[Ru]([Cl])[Cl])C(C)C.